The van der Waals surface area contributed by atoms with E-state index < -0.39 is 0 Å². The van der Waals surface area contributed by atoms with E-state index in [1.54, 1.807) is 12.1 Å². The predicted octanol–water partition coefficient (Wildman–Crippen LogP) is 2.27. The van der Waals surface area contributed by atoms with Gasteiger partial charge >= 0.3 is 0 Å². The molecule has 104 valence electrons. The molecule has 2 rings (SSSR count). The van der Waals surface area contributed by atoms with Crippen LogP contribution in [0.4, 0.5) is 4.39 Å². The number of halogens is 1. The van der Waals surface area contributed by atoms with E-state index in [4.69, 9.17) is 5.73 Å². The first-order valence-electron chi connectivity index (χ1n) is 6.85. The Bertz CT molecular complexity index is 461. The van der Waals surface area contributed by atoms with E-state index in [2.05, 4.69) is 5.32 Å². The van der Waals surface area contributed by atoms with Crippen molar-refractivity contribution in [3.8, 4) is 0 Å². The summed E-state index contributed by atoms with van der Waals surface area (Å²) in [4.78, 5) is 11.4. The molecule has 1 aliphatic carbocycles. The number of hydrogen-bond acceptors (Lipinski definition) is 2. The molecule has 0 aromatic heterocycles. The van der Waals surface area contributed by atoms with Gasteiger partial charge < -0.3 is 11.1 Å². The van der Waals surface area contributed by atoms with Crippen LogP contribution in [0.1, 0.15) is 36.8 Å². The predicted molar refractivity (Wildman–Crippen MR) is 72.9 cm³/mol. The topological polar surface area (TPSA) is 55.1 Å². The molecule has 3 nitrogen and oxygen atoms in total. The highest BCUT2D eigenvalue weighted by molar-refractivity contribution is 5.77. The first-order valence-corrected chi connectivity index (χ1v) is 6.85. The number of hydrogen-bond donors (Lipinski definition) is 2. The highest BCUT2D eigenvalue weighted by Gasteiger charge is 2.28. The average Bonchev–Trinajstić information content (AvgIpc) is 2.40. The molecular formula is C15H21FN2O. The van der Waals surface area contributed by atoms with Crippen molar-refractivity contribution in [1.29, 1.82) is 0 Å². The number of aryl methyl sites for hydroxylation is 1. The number of carbonyl (C=O) groups is 1. The Morgan fingerprint density at radius 3 is 2.89 bits per heavy atom. The third kappa shape index (κ3) is 3.53. The van der Waals surface area contributed by atoms with Crippen molar-refractivity contribution in [2.45, 2.75) is 45.2 Å². The fourth-order valence-electron chi connectivity index (χ4n) is 2.79. The summed E-state index contributed by atoms with van der Waals surface area (Å²) in [6, 6.07) is 4.91. The molecule has 0 saturated heterocycles. The molecule has 0 aliphatic heterocycles. The Hall–Kier alpha value is -1.42. The SMILES string of the molecule is Cc1ccc(F)cc1CN[C@@H]1CCCC[C@@H]1C(N)=O. The zero-order valence-corrected chi connectivity index (χ0v) is 11.3. The van der Waals surface area contributed by atoms with E-state index in [0.717, 1.165) is 36.8 Å². The van der Waals surface area contributed by atoms with Gasteiger partial charge in [0.2, 0.25) is 5.91 Å². The zero-order valence-electron chi connectivity index (χ0n) is 11.3. The average molecular weight is 264 g/mol. The fraction of sp³-hybridized carbons (Fsp3) is 0.533. The van der Waals surface area contributed by atoms with Gasteiger partial charge in [0.05, 0.1) is 5.92 Å². The Labute approximate surface area is 113 Å². The summed E-state index contributed by atoms with van der Waals surface area (Å²) in [5.41, 5.74) is 7.44. The van der Waals surface area contributed by atoms with E-state index in [1.807, 2.05) is 6.92 Å². The Morgan fingerprint density at radius 1 is 1.42 bits per heavy atom. The van der Waals surface area contributed by atoms with Crippen LogP contribution < -0.4 is 11.1 Å². The van der Waals surface area contributed by atoms with Crippen LogP contribution in [-0.4, -0.2) is 11.9 Å². The van der Waals surface area contributed by atoms with Gasteiger partial charge in [-0.3, -0.25) is 4.79 Å². The number of benzene rings is 1. The molecule has 19 heavy (non-hydrogen) atoms. The lowest BCUT2D eigenvalue weighted by atomic mass is 9.84. The smallest absolute Gasteiger partial charge is 0.222 e. The minimum absolute atomic E-state index is 0.0948. The molecule has 0 bridgehead atoms. The summed E-state index contributed by atoms with van der Waals surface area (Å²) in [5, 5.41) is 3.37. The second-order valence-corrected chi connectivity index (χ2v) is 5.35. The maximum Gasteiger partial charge on any atom is 0.222 e. The summed E-state index contributed by atoms with van der Waals surface area (Å²) in [5.74, 6) is -0.548. The van der Waals surface area contributed by atoms with Crippen LogP contribution in [-0.2, 0) is 11.3 Å². The van der Waals surface area contributed by atoms with Crippen LogP contribution in [0.25, 0.3) is 0 Å². The highest BCUT2D eigenvalue weighted by Crippen LogP contribution is 2.24. The van der Waals surface area contributed by atoms with E-state index in [0.29, 0.717) is 6.54 Å². The van der Waals surface area contributed by atoms with E-state index in [1.165, 1.54) is 6.07 Å². The summed E-state index contributed by atoms with van der Waals surface area (Å²) < 4.78 is 13.2. The van der Waals surface area contributed by atoms with Crippen molar-refractivity contribution in [3.05, 3.63) is 35.1 Å². The van der Waals surface area contributed by atoms with Gasteiger partial charge in [-0.2, -0.15) is 0 Å². The van der Waals surface area contributed by atoms with Crippen molar-refractivity contribution in [2.75, 3.05) is 0 Å². The van der Waals surface area contributed by atoms with Crippen molar-refractivity contribution >= 4 is 5.91 Å². The molecule has 1 fully saturated rings. The minimum atomic E-state index is -0.229. The molecule has 3 N–H and O–H groups in total. The van der Waals surface area contributed by atoms with Gasteiger partial charge in [-0.15, -0.1) is 0 Å². The van der Waals surface area contributed by atoms with Crippen LogP contribution in [0, 0.1) is 18.7 Å². The second-order valence-electron chi connectivity index (χ2n) is 5.35. The largest absolute Gasteiger partial charge is 0.369 e. The second kappa shape index (κ2) is 6.15. The normalized spacial score (nSPS) is 23.3. The number of nitrogens with two attached hydrogens (primary N) is 1. The fourth-order valence-corrected chi connectivity index (χ4v) is 2.79. The number of primary amides is 1. The van der Waals surface area contributed by atoms with Crippen molar-refractivity contribution in [1.82, 2.24) is 5.32 Å². The number of carbonyl (C=O) groups excluding carboxylic acids is 1. The maximum absolute atomic E-state index is 13.2. The van der Waals surface area contributed by atoms with Gasteiger partial charge in [0.25, 0.3) is 0 Å². The molecular weight excluding hydrogens is 243 g/mol. The molecule has 0 radical (unpaired) electrons. The zero-order chi connectivity index (χ0) is 13.8. The van der Waals surface area contributed by atoms with Gasteiger partial charge in [-0.1, -0.05) is 18.9 Å². The van der Waals surface area contributed by atoms with Crippen LogP contribution in [0.5, 0.6) is 0 Å². The number of rotatable bonds is 4. The van der Waals surface area contributed by atoms with E-state index in [9.17, 15) is 9.18 Å². The van der Waals surface area contributed by atoms with Gasteiger partial charge in [-0.05, 0) is 43.0 Å². The monoisotopic (exact) mass is 264 g/mol. The molecule has 1 amide bonds. The van der Waals surface area contributed by atoms with E-state index >= 15 is 0 Å². The first kappa shape index (κ1) is 14.0. The molecule has 0 heterocycles. The van der Waals surface area contributed by atoms with Crippen LogP contribution in [0.2, 0.25) is 0 Å². The standard InChI is InChI=1S/C15H21FN2O/c1-10-6-7-12(16)8-11(10)9-18-14-5-3-2-4-13(14)15(17)19/h6-8,13-14,18H,2-5,9H2,1H3,(H2,17,19)/t13-,14+/m0/s1. The lowest BCUT2D eigenvalue weighted by Crippen LogP contribution is -2.44. The Balaban J connectivity index is 2.00. The van der Waals surface area contributed by atoms with Crippen LogP contribution in [0.15, 0.2) is 18.2 Å². The molecule has 1 saturated carbocycles. The molecule has 0 spiro atoms. The van der Waals surface area contributed by atoms with Crippen molar-refractivity contribution < 1.29 is 9.18 Å². The van der Waals surface area contributed by atoms with Gasteiger partial charge in [0.1, 0.15) is 5.82 Å². The summed E-state index contributed by atoms with van der Waals surface area (Å²) >= 11 is 0. The molecule has 0 unspecified atom stereocenters. The third-order valence-electron chi connectivity index (χ3n) is 4.00. The molecule has 2 atom stereocenters. The van der Waals surface area contributed by atoms with E-state index in [-0.39, 0.29) is 23.7 Å². The highest BCUT2D eigenvalue weighted by atomic mass is 19.1. The summed E-state index contributed by atoms with van der Waals surface area (Å²) in [6.45, 7) is 2.54. The summed E-state index contributed by atoms with van der Waals surface area (Å²) in [6.07, 6.45) is 3.99. The lowest BCUT2D eigenvalue weighted by molar-refractivity contribution is -0.123. The number of amides is 1. The molecule has 1 aromatic rings. The van der Waals surface area contributed by atoms with Crippen molar-refractivity contribution in [3.63, 3.8) is 0 Å². The molecule has 1 aromatic carbocycles. The molecule has 1 aliphatic rings. The van der Waals surface area contributed by atoms with Crippen LogP contribution >= 0.6 is 0 Å². The van der Waals surface area contributed by atoms with Crippen molar-refractivity contribution in [2.24, 2.45) is 11.7 Å². The summed E-state index contributed by atoms with van der Waals surface area (Å²) in [7, 11) is 0. The first-order chi connectivity index (χ1) is 9.08. The third-order valence-corrected chi connectivity index (χ3v) is 4.00. The minimum Gasteiger partial charge on any atom is -0.369 e. The van der Waals surface area contributed by atoms with Gasteiger partial charge in [0.15, 0.2) is 0 Å². The van der Waals surface area contributed by atoms with Crippen LogP contribution in [0.3, 0.4) is 0 Å². The lowest BCUT2D eigenvalue weighted by Gasteiger charge is -2.30. The maximum atomic E-state index is 13.2. The molecule has 4 heteroatoms. The quantitative estimate of drug-likeness (QED) is 0.876. The Kier molecular flexibility index (Phi) is 4.53. The van der Waals surface area contributed by atoms with Gasteiger partial charge in [-0.25, -0.2) is 4.39 Å². The number of nitrogens with one attached hydrogen (secondary N) is 1. The van der Waals surface area contributed by atoms with Gasteiger partial charge in [0, 0.05) is 12.6 Å². The Morgan fingerprint density at radius 2 is 2.16 bits per heavy atom.